The number of para-hydroxylation sites is 2. The van der Waals surface area contributed by atoms with Crippen molar-refractivity contribution in [3.8, 4) is 0 Å². The zero-order chi connectivity index (χ0) is 37.5. The van der Waals surface area contributed by atoms with Gasteiger partial charge < -0.3 is 15.1 Å². The Kier molecular flexibility index (Phi) is 16.3. The molecule has 1 saturated heterocycles. The number of amides is 1. The highest BCUT2D eigenvalue weighted by molar-refractivity contribution is 6.14. The predicted octanol–water partition coefficient (Wildman–Crippen LogP) is 10.8. The van der Waals surface area contributed by atoms with Crippen molar-refractivity contribution in [2.24, 2.45) is 11.8 Å². The fourth-order valence-corrected chi connectivity index (χ4v) is 6.27. The Balaban J connectivity index is 0.000000923. The Morgan fingerprint density at radius 2 is 1.71 bits per heavy atom. The molecule has 2 aliphatic rings. The minimum absolute atomic E-state index is 0.00218. The largest absolute Gasteiger partial charge is 0.363 e. The first-order valence-corrected chi connectivity index (χ1v) is 18.8. The third-order valence-electron chi connectivity index (χ3n) is 9.44. The van der Waals surface area contributed by atoms with Crippen LogP contribution in [0.3, 0.4) is 0 Å². The van der Waals surface area contributed by atoms with Gasteiger partial charge in [0.05, 0.1) is 17.1 Å². The van der Waals surface area contributed by atoms with E-state index < -0.39 is 0 Å². The average Bonchev–Trinajstić information content (AvgIpc) is 3.51. The number of nitrogens with one attached hydrogen (secondary N) is 2. The number of unbranched alkanes of at least 4 members (excludes halogenated alkanes) is 1. The molecule has 0 saturated carbocycles. The number of aldehydes is 1. The smallest absolute Gasteiger partial charge is 0.253 e. The summed E-state index contributed by atoms with van der Waals surface area (Å²) in [6.07, 6.45) is 9.39. The van der Waals surface area contributed by atoms with Crippen molar-refractivity contribution in [1.82, 2.24) is 4.90 Å². The second-order valence-corrected chi connectivity index (χ2v) is 13.7. The van der Waals surface area contributed by atoms with Crippen LogP contribution >= 0.6 is 0 Å². The van der Waals surface area contributed by atoms with Gasteiger partial charge in [-0.2, -0.15) is 0 Å². The van der Waals surface area contributed by atoms with Crippen molar-refractivity contribution < 1.29 is 14.0 Å². The monoisotopic (exact) mass is 694 g/mol. The molecule has 1 unspecified atom stereocenters. The van der Waals surface area contributed by atoms with Crippen LogP contribution in [0.4, 0.5) is 15.8 Å². The van der Waals surface area contributed by atoms with Crippen LogP contribution in [0.1, 0.15) is 108 Å². The van der Waals surface area contributed by atoms with Crippen LogP contribution < -0.4 is 10.2 Å². The number of anilines is 2. The fraction of sp³-hybridized carbons (Fsp3) is 0.432. The molecule has 5 rings (SSSR count). The van der Waals surface area contributed by atoms with Crippen LogP contribution in [0.15, 0.2) is 90.0 Å². The Labute approximate surface area is 306 Å². The lowest BCUT2D eigenvalue weighted by Gasteiger charge is -2.39. The molecule has 51 heavy (non-hydrogen) atoms. The number of aryl methyl sites for hydroxylation is 1. The standard InChI is InChI=1S/C37H41FN4O2.C5H12.C2H6/c1-4-5-10-29(20-25(2)24-43)35(39)32-15-14-30(21-26(32)3)37(44)41-18-16-28(17-19-41)36-40-33-12-6-7-13-34(33)42(36)23-27-9-8-11-31(38)22-27;1-4-5(2)3;1-2/h6-15,20-22,24,28,36,39-40H,4-5,16-19,23H2,1-3H3;5H,4H2,1-3H3;1-2H3/b25-20-,29-10+,39-35?;;. The van der Waals surface area contributed by atoms with Gasteiger partial charge in [0.2, 0.25) is 0 Å². The molecular weight excluding hydrogens is 636 g/mol. The summed E-state index contributed by atoms with van der Waals surface area (Å²) in [4.78, 5) is 29.1. The van der Waals surface area contributed by atoms with E-state index in [0.717, 1.165) is 71.5 Å². The van der Waals surface area contributed by atoms with Gasteiger partial charge in [0.25, 0.3) is 5.91 Å². The maximum atomic E-state index is 14.0. The molecule has 6 nitrogen and oxygen atoms in total. The maximum absolute atomic E-state index is 14.0. The van der Waals surface area contributed by atoms with E-state index in [1.165, 1.54) is 12.5 Å². The molecule has 0 bridgehead atoms. The number of nitrogens with zero attached hydrogens (tertiary/aromatic N) is 2. The molecule has 2 aliphatic heterocycles. The SMILES string of the molecule is CC.CCC(C)C.CCC/C=C(\C=C(\C)C=O)C(=N)c1ccc(C(=O)N2CCC(C3Nc4ccccc4N3Cc3cccc(F)c3)CC2)cc1C. The van der Waals surface area contributed by atoms with Gasteiger partial charge in [-0.15, -0.1) is 0 Å². The minimum Gasteiger partial charge on any atom is -0.363 e. The van der Waals surface area contributed by atoms with E-state index in [0.29, 0.717) is 42.4 Å². The number of carbonyl (C=O) groups excluding carboxylic acids is 2. The zero-order valence-electron chi connectivity index (χ0n) is 32.1. The van der Waals surface area contributed by atoms with Gasteiger partial charge in [-0.25, -0.2) is 4.39 Å². The average molecular weight is 695 g/mol. The number of piperidine rings is 1. The highest BCUT2D eigenvalue weighted by Gasteiger charge is 2.37. The summed E-state index contributed by atoms with van der Waals surface area (Å²) in [6, 6.07) is 20.6. The van der Waals surface area contributed by atoms with E-state index in [1.54, 1.807) is 25.1 Å². The van der Waals surface area contributed by atoms with Crippen LogP contribution in [-0.4, -0.2) is 42.1 Å². The Hall–Kier alpha value is -4.52. The van der Waals surface area contributed by atoms with Gasteiger partial charge in [-0.1, -0.05) is 90.8 Å². The molecule has 3 aromatic carbocycles. The van der Waals surface area contributed by atoms with Crippen molar-refractivity contribution in [1.29, 1.82) is 5.41 Å². The van der Waals surface area contributed by atoms with Crippen molar-refractivity contribution in [3.63, 3.8) is 0 Å². The highest BCUT2D eigenvalue weighted by atomic mass is 19.1. The molecule has 1 atom stereocenters. The van der Waals surface area contributed by atoms with E-state index >= 15 is 0 Å². The Morgan fingerprint density at radius 3 is 2.31 bits per heavy atom. The van der Waals surface area contributed by atoms with Crippen LogP contribution in [0.2, 0.25) is 0 Å². The molecule has 0 spiro atoms. The number of benzene rings is 3. The molecule has 0 radical (unpaired) electrons. The molecule has 2 N–H and O–H groups in total. The van der Waals surface area contributed by atoms with Gasteiger partial charge in [-0.05, 0) is 104 Å². The number of carbonyl (C=O) groups is 2. The van der Waals surface area contributed by atoms with E-state index in [2.05, 4.69) is 50.0 Å². The van der Waals surface area contributed by atoms with Gasteiger partial charge in [0, 0.05) is 36.7 Å². The van der Waals surface area contributed by atoms with Gasteiger partial charge >= 0.3 is 0 Å². The van der Waals surface area contributed by atoms with E-state index in [9.17, 15) is 14.0 Å². The topological polar surface area (TPSA) is 76.5 Å². The lowest BCUT2D eigenvalue weighted by Crippen LogP contribution is -2.47. The van der Waals surface area contributed by atoms with Crippen molar-refractivity contribution in [3.05, 3.63) is 118 Å². The summed E-state index contributed by atoms with van der Waals surface area (Å²) in [5.41, 5.74) is 6.99. The first-order chi connectivity index (χ1) is 24.6. The molecule has 0 aliphatic carbocycles. The van der Waals surface area contributed by atoms with Crippen LogP contribution in [0.25, 0.3) is 0 Å². The first kappa shape index (κ1) is 40.9. The lowest BCUT2D eigenvalue weighted by molar-refractivity contribution is -0.104. The number of halogens is 1. The lowest BCUT2D eigenvalue weighted by atomic mass is 9.91. The summed E-state index contributed by atoms with van der Waals surface area (Å²) >= 11 is 0. The number of allylic oxidation sites excluding steroid dienone is 4. The summed E-state index contributed by atoms with van der Waals surface area (Å²) in [5.74, 6) is 0.975. The maximum Gasteiger partial charge on any atom is 0.253 e. The molecule has 274 valence electrons. The predicted molar refractivity (Wildman–Crippen MR) is 212 cm³/mol. The molecular formula is C44H59FN4O2. The third-order valence-corrected chi connectivity index (χ3v) is 9.44. The van der Waals surface area contributed by atoms with Gasteiger partial charge in [0.15, 0.2) is 0 Å². The van der Waals surface area contributed by atoms with Crippen LogP contribution in [0, 0.1) is 30.0 Å². The Morgan fingerprint density at radius 1 is 1.02 bits per heavy atom. The van der Waals surface area contributed by atoms with Gasteiger partial charge in [0.1, 0.15) is 18.3 Å². The Bertz CT molecular complexity index is 1670. The second kappa shape index (κ2) is 20.4. The number of likely N-dealkylation sites (tertiary alicyclic amines) is 1. The summed E-state index contributed by atoms with van der Waals surface area (Å²) in [5, 5.41) is 12.6. The van der Waals surface area contributed by atoms with Crippen molar-refractivity contribution in [2.45, 2.75) is 100 Å². The number of hydrogen-bond donors (Lipinski definition) is 2. The summed E-state index contributed by atoms with van der Waals surface area (Å²) < 4.78 is 14.0. The van der Waals surface area contributed by atoms with E-state index in [4.69, 9.17) is 5.41 Å². The zero-order valence-corrected chi connectivity index (χ0v) is 32.1. The number of fused-ring (bicyclic) bond motifs is 1. The van der Waals surface area contributed by atoms with E-state index in [-0.39, 0.29) is 17.9 Å². The summed E-state index contributed by atoms with van der Waals surface area (Å²) in [6.45, 7) is 18.3. The van der Waals surface area contributed by atoms with Gasteiger partial charge in [-0.3, -0.25) is 15.0 Å². The molecule has 0 aromatic heterocycles. The molecule has 2 heterocycles. The number of rotatable bonds is 11. The van der Waals surface area contributed by atoms with Crippen molar-refractivity contribution in [2.75, 3.05) is 23.3 Å². The third kappa shape index (κ3) is 11.2. The molecule has 3 aromatic rings. The summed E-state index contributed by atoms with van der Waals surface area (Å²) in [7, 11) is 0. The van der Waals surface area contributed by atoms with Crippen LogP contribution in [-0.2, 0) is 11.3 Å². The molecule has 7 heteroatoms. The normalized spacial score (nSPS) is 16.0. The van der Waals surface area contributed by atoms with Crippen LogP contribution in [0.5, 0.6) is 0 Å². The van der Waals surface area contributed by atoms with E-state index in [1.807, 2.05) is 68.1 Å². The fourth-order valence-electron chi connectivity index (χ4n) is 6.27. The highest BCUT2D eigenvalue weighted by Crippen LogP contribution is 2.40. The van der Waals surface area contributed by atoms with Crippen molar-refractivity contribution >= 4 is 29.3 Å². The quantitative estimate of drug-likeness (QED) is 0.0907. The molecule has 1 fully saturated rings. The number of hydrogen-bond acceptors (Lipinski definition) is 5. The molecule has 1 amide bonds. The second-order valence-electron chi connectivity index (χ2n) is 13.7. The first-order valence-electron chi connectivity index (χ1n) is 18.8. The minimum atomic E-state index is -0.232.